The predicted molar refractivity (Wildman–Crippen MR) is 65.3 cm³/mol. The molecule has 0 aliphatic carbocycles. The maximum Gasteiger partial charge on any atom is 0.257 e. The minimum Gasteiger partial charge on any atom is -0.399 e. The van der Waals surface area contributed by atoms with Crippen LogP contribution in [-0.2, 0) is 0 Å². The van der Waals surface area contributed by atoms with Crippen LogP contribution in [0, 0.1) is 0 Å². The van der Waals surface area contributed by atoms with Crippen molar-refractivity contribution in [2.24, 2.45) is 0 Å². The summed E-state index contributed by atoms with van der Waals surface area (Å²) in [5, 5.41) is 4.98. The number of benzene rings is 1. The number of nitrogens with two attached hydrogens (primary N) is 2. The number of hydrogen-bond acceptors (Lipinski definition) is 5. The quantitative estimate of drug-likeness (QED) is 0.687. The average molecular weight is 234 g/mol. The summed E-state index contributed by atoms with van der Waals surface area (Å²) in [5.74, 6) is -0.269. The number of thiazole rings is 1. The van der Waals surface area contributed by atoms with Gasteiger partial charge in [-0.05, 0) is 18.2 Å². The molecule has 0 spiro atoms. The van der Waals surface area contributed by atoms with Crippen LogP contribution in [0.15, 0.2) is 29.8 Å². The van der Waals surface area contributed by atoms with E-state index in [1.807, 2.05) is 0 Å². The molecule has 1 aromatic carbocycles. The van der Waals surface area contributed by atoms with Crippen molar-refractivity contribution in [3.8, 4) is 0 Å². The fourth-order valence-corrected chi connectivity index (χ4v) is 1.79. The number of aromatic nitrogens is 1. The summed E-state index contributed by atoms with van der Waals surface area (Å²) in [6.07, 6.45) is 1.62. The minimum absolute atomic E-state index is 0.269. The van der Waals surface area contributed by atoms with Crippen LogP contribution in [0.25, 0.3) is 0 Å². The first-order valence-corrected chi connectivity index (χ1v) is 5.40. The molecule has 0 saturated carbocycles. The Morgan fingerprint density at radius 1 is 1.25 bits per heavy atom. The van der Waals surface area contributed by atoms with E-state index in [9.17, 15) is 4.79 Å². The van der Waals surface area contributed by atoms with Crippen molar-refractivity contribution in [3.05, 3.63) is 35.3 Å². The Morgan fingerprint density at radius 3 is 2.50 bits per heavy atom. The Labute approximate surface area is 96.1 Å². The van der Waals surface area contributed by atoms with Crippen molar-refractivity contribution in [2.75, 3.05) is 16.8 Å². The van der Waals surface area contributed by atoms with Crippen molar-refractivity contribution in [2.45, 2.75) is 0 Å². The molecule has 1 amide bonds. The van der Waals surface area contributed by atoms with E-state index in [0.717, 1.165) is 0 Å². The summed E-state index contributed by atoms with van der Waals surface area (Å²) in [6.45, 7) is 0. The van der Waals surface area contributed by atoms with E-state index in [-0.39, 0.29) is 5.91 Å². The summed E-state index contributed by atoms with van der Waals surface area (Å²) in [4.78, 5) is 15.7. The maximum atomic E-state index is 11.8. The lowest BCUT2D eigenvalue weighted by molar-refractivity contribution is 0.102. The zero-order valence-corrected chi connectivity index (χ0v) is 9.12. The molecule has 0 atom stereocenters. The van der Waals surface area contributed by atoms with Crippen molar-refractivity contribution in [3.63, 3.8) is 0 Å². The molecule has 0 aliphatic rings. The fourth-order valence-electron chi connectivity index (χ4n) is 1.26. The molecular formula is C10H10N4OS. The molecule has 5 nitrogen and oxygen atoms in total. The molecule has 0 fully saturated rings. The van der Waals surface area contributed by atoms with Gasteiger partial charge >= 0.3 is 0 Å². The van der Waals surface area contributed by atoms with Crippen LogP contribution >= 0.6 is 11.3 Å². The molecule has 16 heavy (non-hydrogen) atoms. The topological polar surface area (TPSA) is 94.0 Å². The lowest BCUT2D eigenvalue weighted by Crippen LogP contribution is -2.12. The van der Waals surface area contributed by atoms with Crippen molar-refractivity contribution in [1.29, 1.82) is 0 Å². The molecule has 0 saturated heterocycles. The number of amides is 1. The van der Waals surface area contributed by atoms with E-state index in [4.69, 9.17) is 11.5 Å². The summed E-state index contributed by atoms with van der Waals surface area (Å²) < 4.78 is 0. The number of nitrogens with one attached hydrogen (secondary N) is 1. The van der Waals surface area contributed by atoms with Crippen LogP contribution in [0.1, 0.15) is 10.4 Å². The normalized spacial score (nSPS) is 10.0. The number of carbonyl (C=O) groups excluding carboxylic acids is 1. The third kappa shape index (κ3) is 2.29. The van der Waals surface area contributed by atoms with E-state index in [0.29, 0.717) is 22.1 Å². The van der Waals surface area contributed by atoms with Gasteiger partial charge in [0.25, 0.3) is 5.91 Å². The van der Waals surface area contributed by atoms with Crippen LogP contribution in [0.4, 0.5) is 16.5 Å². The number of anilines is 3. The summed E-state index contributed by atoms with van der Waals surface area (Å²) in [6, 6.07) is 4.73. The maximum absolute atomic E-state index is 11.8. The zero-order chi connectivity index (χ0) is 11.5. The molecular weight excluding hydrogens is 224 g/mol. The molecule has 5 N–H and O–H groups in total. The average Bonchev–Trinajstić information content (AvgIpc) is 2.68. The van der Waals surface area contributed by atoms with Gasteiger partial charge in [0, 0.05) is 28.5 Å². The molecule has 0 bridgehead atoms. The molecule has 6 heteroatoms. The van der Waals surface area contributed by atoms with Crippen molar-refractivity contribution >= 4 is 33.8 Å². The summed E-state index contributed by atoms with van der Waals surface area (Å²) >= 11 is 1.35. The second kappa shape index (κ2) is 4.19. The van der Waals surface area contributed by atoms with E-state index < -0.39 is 0 Å². The van der Waals surface area contributed by atoms with Gasteiger partial charge in [-0.25, -0.2) is 4.98 Å². The molecule has 0 radical (unpaired) electrons. The third-order valence-electron chi connectivity index (χ3n) is 1.89. The van der Waals surface area contributed by atoms with Crippen LogP contribution < -0.4 is 16.8 Å². The number of carbonyl (C=O) groups is 1. The largest absolute Gasteiger partial charge is 0.399 e. The summed E-state index contributed by atoms with van der Waals surface area (Å²) in [5.41, 5.74) is 12.5. The van der Waals surface area contributed by atoms with Gasteiger partial charge in [-0.15, -0.1) is 11.3 Å². The zero-order valence-electron chi connectivity index (χ0n) is 8.31. The van der Waals surface area contributed by atoms with Gasteiger partial charge < -0.3 is 11.5 Å². The van der Waals surface area contributed by atoms with Gasteiger partial charge in [-0.1, -0.05) is 0 Å². The molecule has 0 unspecified atom stereocenters. The SMILES string of the molecule is Nc1cc(N)cc(C(=O)Nc2nccs2)c1. The van der Waals surface area contributed by atoms with Gasteiger partial charge in [0.05, 0.1) is 0 Å². The molecule has 1 aromatic heterocycles. The first kappa shape index (κ1) is 10.4. The van der Waals surface area contributed by atoms with Gasteiger partial charge in [0.1, 0.15) is 0 Å². The van der Waals surface area contributed by atoms with Crippen molar-refractivity contribution in [1.82, 2.24) is 4.98 Å². The van der Waals surface area contributed by atoms with E-state index in [1.165, 1.54) is 11.3 Å². The highest BCUT2D eigenvalue weighted by Gasteiger charge is 2.08. The first-order chi connectivity index (χ1) is 7.65. The molecule has 2 aromatic rings. The monoisotopic (exact) mass is 234 g/mol. The van der Waals surface area contributed by atoms with Gasteiger partial charge in [0.15, 0.2) is 5.13 Å². The highest BCUT2D eigenvalue weighted by atomic mass is 32.1. The van der Waals surface area contributed by atoms with Gasteiger partial charge in [-0.3, -0.25) is 10.1 Å². The van der Waals surface area contributed by atoms with Crippen LogP contribution in [0.3, 0.4) is 0 Å². The molecule has 82 valence electrons. The number of rotatable bonds is 2. The van der Waals surface area contributed by atoms with Gasteiger partial charge in [-0.2, -0.15) is 0 Å². The fraction of sp³-hybridized carbons (Fsp3) is 0. The Morgan fingerprint density at radius 2 is 1.94 bits per heavy atom. The lowest BCUT2D eigenvalue weighted by atomic mass is 10.1. The minimum atomic E-state index is -0.269. The highest BCUT2D eigenvalue weighted by molar-refractivity contribution is 7.13. The number of hydrogen-bond donors (Lipinski definition) is 3. The second-order valence-corrected chi connectivity index (χ2v) is 4.07. The van der Waals surface area contributed by atoms with Gasteiger partial charge in [0.2, 0.25) is 0 Å². The Hall–Kier alpha value is -2.08. The number of nitrogen functional groups attached to an aromatic ring is 2. The van der Waals surface area contributed by atoms with Crippen LogP contribution in [0.2, 0.25) is 0 Å². The van der Waals surface area contributed by atoms with Crippen LogP contribution in [0.5, 0.6) is 0 Å². The Bertz CT molecular complexity index is 489. The standard InChI is InChI=1S/C10H10N4OS/c11-7-3-6(4-8(12)5-7)9(15)14-10-13-1-2-16-10/h1-5H,11-12H2,(H,13,14,15). The predicted octanol–water partition coefficient (Wildman–Crippen LogP) is 1.56. The highest BCUT2D eigenvalue weighted by Crippen LogP contribution is 2.16. The molecule has 0 aliphatic heterocycles. The lowest BCUT2D eigenvalue weighted by Gasteiger charge is -2.04. The smallest absolute Gasteiger partial charge is 0.257 e. The third-order valence-corrected chi connectivity index (χ3v) is 2.58. The van der Waals surface area contributed by atoms with E-state index >= 15 is 0 Å². The van der Waals surface area contributed by atoms with Crippen molar-refractivity contribution < 1.29 is 4.79 Å². The van der Waals surface area contributed by atoms with E-state index in [1.54, 1.807) is 29.8 Å². The van der Waals surface area contributed by atoms with Crippen LogP contribution in [-0.4, -0.2) is 10.9 Å². The Kier molecular flexibility index (Phi) is 2.74. The Balaban J connectivity index is 2.21. The summed E-state index contributed by atoms with van der Waals surface area (Å²) in [7, 11) is 0. The van der Waals surface area contributed by atoms with E-state index in [2.05, 4.69) is 10.3 Å². The first-order valence-electron chi connectivity index (χ1n) is 4.52. The second-order valence-electron chi connectivity index (χ2n) is 3.18. The molecule has 1 heterocycles. The molecule has 2 rings (SSSR count). The number of nitrogens with zero attached hydrogens (tertiary/aromatic N) is 1.